The standard InChI is InChI=1S/C18H17N3O3S2/c1-23-14-4-5-15-12(10-14)2-3-13(19-15)11-16-17(22)21(18(25)26-16)20-6-8-24-9-7-20/h2-5,10-11H,6-9H2,1H3/b16-11+. The van der Waals surface area contributed by atoms with Gasteiger partial charge in [-0.2, -0.15) is 0 Å². The number of benzene rings is 1. The van der Waals surface area contributed by atoms with Gasteiger partial charge in [0.2, 0.25) is 0 Å². The molecule has 1 aromatic heterocycles. The summed E-state index contributed by atoms with van der Waals surface area (Å²) in [6.07, 6.45) is 1.80. The minimum atomic E-state index is -0.0986. The number of methoxy groups -OCH3 is 1. The second-order valence-electron chi connectivity index (χ2n) is 5.85. The summed E-state index contributed by atoms with van der Waals surface area (Å²) in [5.74, 6) is 0.692. The summed E-state index contributed by atoms with van der Waals surface area (Å²) in [4.78, 5) is 18.0. The fraction of sp³-hybridized carbons (Fsp3) is 0.278. The zero-order valence-electron chi connectivity index (χ0n) is 14.2. The van der Waals surface area contributed by atoms with Crippen molar-refractivity contribution in [3.8, 4) is 5.75 Å². The molecule has 6 nitrogen and oxygen atoms in total. The number of carbonyl (C=O) groups is 1. The van der Waals surface area contributed by atoms with Crippen LogP contribution in [0.1, 0.15) is 5.69 Å². The van der Waals surface area contributed by atoms with E-state index in [4.69, 9.17) is 21.7 Å². The van der Waals surface area contributed by atoms with Gasteiger partial charge in [-0.25, -0.2) is 15.0 Å². The summed E-state index contributed by atoms with van der Waals surface area (Å²) in [7, 11) is 1.64. The van der Waals surface area contributed by atoms with Gasteiger partial charge in [-0.15, -0.1) is 0 Å². The van der Waals surface area contributed by atoms with Crippen LogP contribution in [-0.4, -0.2) is 58.6 Å². The van der Waals surface area contributed by atoms with Crippen LogP contribution in [0.2, 0.25) is 0 Å². The maximum absolute atomic E-state index is 12.8. The Morgan fingerprint density at radius 3 is 2.85 bits per heavy atom. The van der Waals surface area contributed by atoms with E-state index in [9.17, 15) is 4.79 Å². The molecule has 0 aliphatic carbocycles. The molecule has 134 valence electrons. The molecule has 0 bridgehead atoms. The molecule has 2 fully saturated rings. The molecule has 8 heteroatoms. The van der Waals surface area contributed by atoms with E-state index in [0.717, 1.165) is 22.3 Å². The predicted molar refractivity (Wildman–Crippen MR) is 106 cm³/mol. The molecule has 4 rings (SSSR count). The minimum absolute atomic E-state index is 0.0986. The number of amides is 1. The van der Waals surface area contributed by atoms with Crippen LogP contribution < -0.4 is 4.74 Å². The number of rotatable bonds is 3. The first kappa shape index (κ1) is 17.4. The van der Waals surface area contributed by atoms with Gasteiger partial charge in [0, 0.05) is 18.5 Å². The lowest BCUT2D eigenvalue weighted by Crippen LogP contribution is -2.50. The molecule has 0 atom stereocenters. The number of carbonyl (C=O) groups excluding carboxylic acids is 1. The number of thiocarbonyl (C=S) groups is 1. The number of morpholine rings is 1. The molecular formula is C18H17N3O3S2. The molecular weight excluding hydrogens is 370 g/mol. The number of nitrogens with zero attached hydrogens (tertiary/aromatic N) is 3. The first-order chi connectivity index (χ1) is 12.7. The van der Waals surface area contributed by atoms with Crippen molar-refractivity contribution in [2.75, 3.05) is 33.4 Å². The molecule has 0 radical (unpaired) electrons. The lowest BCUT2D eigenvalue weighted by molar-refractivity contribution is -0.138. The summed E-state index contributed by atoms with van der Waals surface area (Å²) in [6.45, 7) is 2.53. The van der Waals surface area contributed by atoms with Crippen molar-refractivity contribution >= 4 is 51.2 Å². The minimum Gasteiger partial charge on any atom is -0.497 e. The summed E-state index contributed by atoms with van der Waals surface area (Å²) in [5, 5.41) is 4.52. The number of hydrogen-bond acceptors (Lipinski definition) is 7. The van der Waals surface area contributed by atoms with Gasteiger partial charge in [-0.05, 0) is 30.3 Å². The first-order valence-electron chi connectivity index (χ1n) is 8.21. The number of thioether (sulfide) groups is 1. The van der Waals surface area contributed by atoms with Crippen LogP contribution in [0.15, 0.2) is 35.2 Å². The number of aromatic nitrogens is 1. The molecule has 0 spiro atoms. The van der Waals surface area contributed by atoms with Gasteiger partial charge < -0.3 is 9.47 Å². The van der Waals surface area contributed by atoms with E-state index in [-0.39, 0.29) is 5.91 Å². The molecule has 0 unspecified atom stereocenters. The fourth-order valence-electron chi connectivity index (χ4n) is 2.92. The maximum Gasteiger partial charge on any atom is 0.281 e. The zero-order valence-corrected chi connectivity index (χ0v) is 15.8. The van der Waals surface area contributed by atoms with Gasteiger partial charge in [-0.3, -0.25) is 4.79 Å². The molecule has 1 aromatic carbocycles. The lowest BCUT2D eigenvalue weighted by Gasteiger charge is -2.33. The van der Waals surface area contributed by atoms with E-state index in [1.807, 2.05) is 35.3 Å². The summed E-state index contributed by atoms with van der Waals surface area (Å²) >= 11 is 6.71. The Kier molecular flexibility index (Phi) is 4.90. The van der Waals surface area contributed by atoms with Gasteiger partial charge in [-0.1, -0.05) is 30.0 Å². The van der Waals surface area contributed by atoms with Gasteiger partial charge in [0.1, 0.15) is 5.75 Å². The number of fused-ring (bicyclic) bond motifs is 1. The maximum atomic E-state index is 12.8. The van der Waals surface area contributed by atoms with E-state index in [1.54, 1.807) is 18.2 Å². The number of ether oxygens (including phenoxy) is 2. The Hall–Kier alpha value is -2.00. The second-order valence-corrected chi connectivity index (χ2v) is 7.53. The topological polar surface area (TPSA) is 54.9 Å². The van der Waals surface area contributed by atoms with E-state index in [1.165, 1.54) is 11.8 Å². The highest BCUT2D eigenvalue weighted by Crippen LogP contribution is 2.34. The average Bonchev–Trinajstić information content (AvgIpc) is 2.95. The lowest BCUT2D eigenvalue weighted by atomic mass is 10.2. The van der Waals surface area contributed by atoms with Crippen molar-refractivity contribution in [3.05, 3.63) is 40.9 Å². The molecule has 3 heterocycles. The van der Waals surface area contributed by atoms with Gasteiger partial charge >= 0.3 is 0 Å². The number of pyridine rings is 1. The smallest absolute Gasteiger partial charge is 0.281 e. The van der Waals surface area contributed by atoms with Crippen molar-refractivity contribution in [2.45, 2.75) is 0 Å². The van der Waals surface area contributed by atoms with Crippen molar-refractivity contribution in [1.82, 2.24) is 15.0 Å². The van der Waals surface area contributed by atoms with Crippen LogP contribution in [-0.2, 0) is 9.53 Å². The highest BCUT2D eigenvalue weighted by Gasteiger charge is 2.37. The number of hydrazine groups is 1. The first-order valence-corrected chi connectivity index (χ1v) is 9.43. The van der Waals surface area contributed by atoms with Crippen molar-refractivity contribution in [2.24, 2.45) is 0 Å². The number of hydrogen-bond donors (Lipinski definition) is 0. The predicted octanol–water partition coefficient (Wildman–Crippen LogP) is 2.69. The van der Waals surface area contributed by atoms with Crippen LogP contribution in [0.3, 0.4) is 0 Å². The van der Waals surface area contributed by atoms with Gasteiger partial charge in [0.25, 0.3) is 5.91 Å². The third-order valence-electron chi connectivity index (χ3n) is 4.24. The molecule has 26 heavy (non-hydrogen) atoms. The fourth-order valence-corrected chi connectivity index (χ4v) is 4.21. The van der Waals surface area contributed by atoms with Crippen LogP contribution >= 0.6 is 24.0 Å². The summed E-state index contributed by atoms with van der Waals surface area (Å²) in [5.41, 5.74) is 1.58. The van der Waals surface area contributed by atoms with E-state index in [2.05, 4.69) is 4.98 Å². The van der Waals surface area contributed by atoms with Crippen molar-refractivity contribution in [1.29, 1.82) is 0 Å². The third-order valence-corrected chi connectivity index (χ3v) is 5.52. The molecule has 1 amide bonds. The highest BCUT2D eigenvalue weighted by molar-refractivity contribution is 8.26. The quantitative estimate of drug-likeness (QED) is 0.593. The van der Waals surface area contributed by atoms with Crippen molar-refractivity contribution < 1.29 is 14.3 Å². The van der Waals surface area contributed by atoms with E-state index < -0.39 is 0 Å². The summed E-state index contributed by atoms with van der Waals surface area (Å²) < 4.78 is 11.1. The Balaban J connectivity index is 1.60. The van der Waals surface area contributed by atoms with E-state index >= 15 is 0 Å². The molecule has 2 aliphatic heterocycles. The second kappa shape index (κ2) is 7.32. The Labute approximate surface area is 160 Å². The molecule has 2 aromatic rings. The Morgan fingerprint density at radius 1 is 1.27 bits per heavy atom. The van der Waals surface area contributed by atoms with Crippen LogP contribution in [0.25, 0.3) is 17.0 Å². The summed E-state index contributed by atoms with van der Waals surface area (Å²) in [6, 6.07) is 9.58. The van der Waals surface area contributed by atoms with Gasteiger partial charge in [0.05, 0.1) is 36.4 Å². The Morgan fingerprint density at radius 2 is 2.08 bits per heavy atom. The SMILES string of the molecule is COc1ccc2nc(/C=C3/SC(=S)N(N4CCOCC4)C3=O)ccc2c1. The average molecular weight is 387 g/mol. The molecule has 0 saturated carbocycles. The van der Waals surface area contributed by atoms with Gasteiger partial charge in [0.15, 0.2) is 4.32 Å². The van der Waals surface area contributed by atoms with Crippen LogP contribution in [0.4, 0.5) is 0 Å². The van der Waals surface area contributed by atoms with E-state index in [0.29, 0.717) is 35.5 Å². The molecule has 2 aliphatic rings. The van der Waals surface area contributed by atoms with Crippen LogP contribution in [0.5, 0.6) is 5.75 Å². The normalized spacial score (nSPS) is 20.3. The zero-order chi connectivity index (χ0) is 18.1. The Bertz CT molecular complexity index is 910. The molecule has 2 saturated heterocycles. The molecule has 0 N–H and O–H groups in total. The monoisotopic (exact) mass is 387 g/mol. The highest BCUT2D eigenvalue weighted by atomic mass is 32.2. The van der Waals surface area contributed by atoms with Crippen molar-refractivity contribution in [3.63, 3.8) is 0 Å². The third kappa shape index (κ3) is 3.33. The van der Waals surface area contributed by atoms with Crippen LogP contribution in [0, 0.1) is 0 Å². The largest absolute Gasteiger partial charge is 0.497 e.